The Morgan fingerprint density at radius 1 is 1.43 bits per heavy atom. The fraction of sp³-hybridized carbons (Fsp3) is 0.667. The molecule has 1 unspecified atom stereocenters. The molecule has 9 heteroatoms. The van der Waals surface area contributed by atoms with Crippen LogP contribution in [-0.2, 0) is 25.0 Å². The van der Waals surface area contributed by atoms with Crippen molar-refractivity contribution in [3.63, 3.8) is 0 Å². The molecule has 21 heavy (non-hydrogen) atoms. The predicted octanol–water partition coefficient (Wildman–Crippen LogP) is 3.87. The second-order valence-electron chi connectivity index (χ2n) is 5.23. The van der Waals surface area contributed by atoms with Crippen molar-refractivity contribution in [1.29, 1.82) is 0 Å². The quantitative estimate of drug-likeness (QED) is 0.794. The maximum absolute atomic E-state index is 11.8. The number of carbonyl (C=O) groups excluding carboxylic acids is 1. The highest BCUT2D eigenvalue weighted by molar-refractivity contribution is 7.52. The molecule has 0 bridgehead atoms. The average Bonchev–Trinajstić information content (AvgIpc) is 2.71. The van der Waals surface area contributed by atoms with Crippen molar-refractivity contribution in [2.45, 2.75) is 39.9 Å². The maximum atomic E-state index is 11.8. The van der Waals surface area contributed by atoms with E-state index in [1.54, 1.807) is 33.1 Å². The van der Waals surface area contributed by atoms with Crippen molar-refractivity contribution in [3.05, 3.63) is 11.1 Å². The minimum atomic E-state index is -3.05. The van der Waals surface area contributed by atoms with Crippen molar-refractivity contribution in [2.75, 3.05) is 18.6 Å². The molecule has 7 nitrogen and oxygen atoms in total. The molecule has 0 radical (unpaired) electrons. The predicted molar refractivity (Wildman–Crippen MR) is 81.9 cm³/mol. The summed E-state index contributed by atoms with van der Waals surface area (Å²) in [7, 11) is -3.05. The number of nitrogens with zero attached hydrogens (tertiary/aromatic N) is 1. The highest BCUT2D eigenvalue weighted by Crippen LogP contribution is 2.44. The highest BCUT2D eigenvalue weighted by Gasteiger charge is 2.19. The van der Waals surface area contributed by atoms with Gasteiger partial charge in [0.25, 0.3) is 0 Å². The van der Waals surface area contributed by atoms with Crippen LogP contribution in [0, 0.1) is 0 Å². The van der Waals surface area contributed by atoms with Gasteiger partial charge in [0, 0.05) is 12.0 Å². The Morgan fingerprint density at radius 3 is 2.67 bits per heavy atom. The van der Waals surface area contributed by atoms with E-state index in [2.05, 4.69) is 10.3 Å². The van der Waals surface area contributed by atoms with Gasteiger partial charge in [-0.15, -0.1) is 11.3 Å². The summed E-state index contributed by atoms with van der Waals surface area (Å²) in [5.74, 6) is 0. The van der Waals surface area contributed by atoms with Gasteiger partial charge in [0.2, 0.25) is 0 Å². The molecule has 1 aromatic heterocycles. The first-order valence-corrected chi connectivity index (χ1v) is 9.29. The molecule has 1 aromatic rings. The molecule has 1 atom stereocenters. The van der Waals surface area contributed by atoms with Crippen LogP contribution in [0.3, 0.4) is 0 Å². The van der Waals surface area contributed by atoms with Crippen molar-refractivity contribution in [1.82, 2.24) is 4.98 Å². The number of amides is 1. The fourth-order valence-corrected chi connectivity index (χ4v) is 2.87. The van der Waals surface area contributed by atoms with Gasteiger partial charge in [-0.3, -0.25) is 9.88 Å². The van der Waals surface area contributed by atoms with E-state index in [9.17, 15) is 9.36 Å². The summed E-state index contributed by atoms with van der Waals surface area (Å²) in [5.41, 5.74) is -0.00700. The summed E-state index contributed by atoms with van der Waals surface area (Å²) in [4.78, 5) is 15.7. The number of thiazole rings is 1. The third kappa shape index (κ3) is 7.57. The zero-order valence-electron chi connectivity index (χ0n) is 12.8. The van der Waals surface area contributed by atoms with Crippen LogP contribution in [0.25, 0.3) is 0 Å². The van der Waals surface area contributed by atoms with Gasteiger partial charge in [0.05, 0.1) is 18.9 Å². The van der Waals surface area contributed by atoms with Gasteiger partial charge in [-0.05, 0) is 27.7 Å². The Balaban J connectivity index is 2.50. The summed E-state index contributed by atoms with van der Waals surface area (Å²) in [6.45, 7) is 8.85. The normalized spacial score (nSPS) is 14.5. The summed E-state index contributed by atoms with van der Waals surface area (Å²) in [5, 5.41) is 4.63. The molecular formula is C12H21N2O5PS. The molecule has 0 aliphatic carbocycles. The monoisotopic (exact) mass is 336 g/mol. The number of hydrogen-bond acceptors (Lipinski definition) is 7. The summed E-state index contributed by atoms with van der Waals surface area (Å²) in [6, 6.07) is 0. The first-order chi connectivity index (χ1) is 9.61. The zero-order valence-corrected chi connectivity index (χ0v) is 14.5. The Bertz CT molecular complexity index is 526. The van der Waals surface area contributed by atoms with Gasteiger partial charge in [-0.1, -0.05) is 0 Å². The molecule has 1 amide bonds. The lowest BCUT2D eigenvalue weighted by molar-refractivity contribution is 0.0635. The number of rotatable bonds is 6. The third-order valence-electron chi connectivity index (χ3n) is 1.97. The number of anilines is 1. The molecule has 0 aliphatic heterocycles. The van der Waals surface area contributed by atoms with Crippen LogP contribution < -0.4 is 5.32 Å². The van der Waals surface area contributed by atoms with Crippen LogP contribution in [0.1, 0.15) is 33.4 Å². The van der Waals surface area contributed by atoms with Crippen LogP contribution in [-0.4, -0.2) is 29.9 Å². The molecule has 1 N–H and O–H groups in total. The first-order valence-electron chi connectivity index (χ1n) is 6.42. The third-order valence-corrected chi connectivity index (χ3v) is 4.10. The number of aromatic nitrogens is 1. The van der Waals surface area contributed by atoms with E-state index in [1.165, 1.54) is 18.0 Å². The van der Waals surface area contributed by atoms with E-state index >= 15 is 0 Å². The molecule has 1 rings (SSSR count). The summed E-state index contributed by atoms with van der Waals surface area (Å²) in [6.07, 6.45) is -0.570. The second-order valence-corrected chi connectivity index (χ2v) is 8.15. The number of carbonyl (C=O) groups is 1. The standard InChI is InChI=1S/C12H21N2O5PS/c1-6-17-20(5,16)18-7-9-8-21-10(13-9)14-11(15)19-12(2,3)4/h8H,6-7H2,1-5H3,(H,13,14,15). The fourth-order valence-electron chi connectivity index (χ4n) is 1.28. The second kappa shape index (κ2) is 7.35. The minimum Gasteiger partial charge on any atom is -0.444 e. The Kier molecular flexibility index (Phi) is 6.34. The van der Waals surface area contributed by atoms with Crippen LogP contribution in [0.5, 0.6) is 0 Å². The van der Waals surface area contributed by atoms with Crippen molar-refractivity contribution in [3.8, 4) is 0 Å². The number of nitrogens with one attached hydrogen (secondary N) is 1. The summed E-state index contributed by atoms with van der Waals surface area (Å²) < 4.78 is 27.1. The van der Waals surface area contributed by atoms with Crippen molar-refractivity contribution >= 4 is 30.2 Å². The lowest BCUT2D eigenvalue weighted by atomic mass is 10.2. The molecule has 0 spiro atoms. The lowest BCUT2D eigenvalue weighted by Crippen LogP contribution is -2.27. The highest BCUT2D eigenvalue weighted by atomic mass is 32.1. The average molecular weight is 336 g/mol. The largest absolute Gasteiger partial charge is 0.444 e. The SMILES string of the molecule is CCOP(C)(=O)OCc1csc(NC(=O)OC(C)(C)C)n1. The molecular weight excluding hydrogens is 315 g/mol. The molecule has 120 valence electrons. The van der Waals surface area contributed by atoms with Crippen LogP contribution in [0.4, 0.5) is 9.93 Å². The van der Waals surface area contributed by atoms with E-state index in [1.807, 2.05) is 0 Å². The van der Waals surface area contributed by atoms with Gasteiger partial charge < -0.3 is 13.8 Å². The lowest BCUT2D eigenvalue weighted by Gasteiger charge is -2.18. The van der Waals surface area contributed by atoms with Gasteiger partial charge in [0.1, 0.15) is 5.60 Å². The van der Waals surface area contributed by atoms with Crippen molar-refractivity contribution < 1.29 is 23.1 Å². The van der Waals surface area contributed by atoms with E-state index in [0.717, 1.165) is 0 Å². The maximum Gasteiger partial charge on any atom is 0.413 e. The Hall–Kier alpha value is -0.950. The summed E-state index contributed by atoms with van der Waals surface area (Å²) >= 11 is 1.23. The molecule has 0 saturated heterocycles. The topological polar surface area (TPSA) is 86.8 Å². The minimum absolute atomic E-state index is 0.0558. The first kappa shape index (κ1) is 18.1. The zero-order chi connectivity index (χ0) is 16.1. The van der Waals surface area contributed by atoms with Gasteiger partial charge >= 0.3 is 13.7 Å². The smallest absolute Gasteiger partial charge is 0.413 e. The van der Waals surface area contributed by atoms with Gasteiger partial charge in [-0.25, -0.2) is 9.78 Å². The molecule has 0 aliphatic rings. The van der Waals surface area contributed by atoms with Crippen LogP contribution >= 0.6 is 18.9 Å². The van der Waals surface area contributed by atoms with Gasteiger partial charge in [0.15, 0.2) is 5.13 Å². The number of ether oxygens (including phenoxy) is 1. The van der Waals surface area contributed by atoms with E-state index < -0.39 is 19.3 Å². The van der Waals surface area contributed by atoms with E-state index in [0.29, 0.717) is 17.4 Å². The van der Waals surface area contributed by atoms with Crippen molar-refractivity contribution in [2.24, 2.45) is 0 Å². The van der Waals surface area contributed by atoms with Crippen LogP contribution in [0.15, 0.2) is 5.38 Å². The van der Waals surface area contributed by atoms with Gasteiger partial charge in [-0.2, -0.15) is 0 Å². The molecule has 0 aromatic carbocycles. The van der Waals surface area contributed by atoms with E-state index in [4.69, 9.17) is 13.8 Å². The number of hydrogen-bond donors (Lipinski definition) is 1. The molecule has 0 saturated carbocycles. The Labute approximate surface area is 128 Å². The molecule has 0 fully saturated rings. The van der Waals surface area contributed by atoms with Crippen LogP contribution in [0.2, 0.25) is 0 Å². The Morgan fingerprint density at radius 2 is 2.10 bits per heavy atom. The van der Waals surface area contributed by atoms with E-state index in [-0.39, 0.29) is 6.61 Å². The molecule has 1 heterocycles.